The molecule has 1 heterocycles. The molecule has 1 aliphatic heterocycles. The number of benzene rings is 1. The van der Waals surface area contributed by atoms with Gasteiger partial charge >= 0.3 is 5.97 Å². The number of hydrogen-bond donors (Lipinski definition) is 1. The predicted octanol–water partition coefficient (Wildman–Crippen LogP) is 2.83. The van der Waals surface area contributed by atoms with E-state index >= 15 is 0 Å². The highest BCUT2D eigenvalue weighted by atomic mass is 16.5. The van der Waals surface area contributed by atoms with E-state index in [9.17, 15) is 4.79 Å². The molecule has 0 radical (unpaired) electrons. The fraction of sp³-hybridized carbons (Fsp3) is 0.600. The Bertz CT molecular complexity index is 596. The molecular formula is C20H31N3O3. The molecule has 6 nitrogen and oxygen atoms in total. The zero-order valence-electron chi connectivity index (χ0n) is 16.2. The van der Waals surface area contributed by atoms with Gasteiger partial charge in [-0.25, -0.2) is 4.99 Å². The van der Waals surface area contributed by atoms with Gasteiger partial charge in [0.15, 0.2) is 5.96 Å². The second kappa shape index (κ2) is 10.7. The lowest BCUT2D eigenvalue weighted by atomic mass is 9.97. The van der Waals surface area contributed by atoms with E-state index in [-0.39, 0.29) is 11.9 Å². The first kappa shape index (κ1) is 20.1. The Morgan fingerprint density at radius 2 is 1.92 bits per heavy atom. The molecular weight excluding hydrogens is 330 g/mol. The highest BCUT2D eigenvalue weighted by Gasteiger charge is 2.27. The molecule has 0 spiro atoms. The normalized spacial score (nSPS) is 15.7. The van der Waals surface area contributed by atoms with Gasteiger partial charge in [-0.05, 0) is 39.7 Å². The number of guanidine groups is 1. The maximum atomic E-state index is 11.9. The van der Waals surface area contributed by atoms with Gasteiger partial charge < -0.3 is 19.7 Å². The summed E-state index contributed by atoms with van der Waals surface area (Å²) in [5, 5.41) is 3.36. The number of para-hydroxylation sites is 1. The maximum absolute atomic E-state index is 11.9. The molecule has 1 aliphatic rings. The Morgan fingerprint density at radius 1 is 1.19 bits per heavy atom. The van der Waals surface area contributed by atoms with Gasteiger partial charge in [-0.15, -0.1) is 0 Å². The van der Waals surface area contributed by atoms with Crippen LogP contribution in [-0.4, -0.2) is 49.7 Å². The lowest BCUT2D eigenvalue weighted by molar-refractivity contribution is -0.149. The third-order valence-corrected chi connectivity index (χ3v) is 4.42. The quantitative estimate of drug-likeness (QED) is 0.460. The second-order valence-corrected chi connectivity index (χ2v) is 6.22. The van der Waals surface area contributed by atoms with Crippen molar-refractivity contribution in [3.63, 3.8) is 0 Å². The van der Waals surface area contributed by atoms with Gasteiger partial charge in [0.2, 0.25) is 0 Å². The van der Waals surface area contributed by atoms with E-state index in [1.54, 1.807) is 0 Å². The summed E-state index contributed by atoms with van der Waals surface area (Å²) in [6.07, 6.45) is 1.61. The number of hydrogen-bond acceptors (Lipinski definition) is 4. The van der Waals surface area contributed by atoms with Crippen LogP contribution in [0.2, 0.25) is 0 Å². The van der Waals surface area contributed by atoms with E-state index in [1.165, 1.54) is 0 Å². The van der Waals surface area contributed by atoms with Crippen molar-refractivity contribution in [1.82, 2.24) is 10.2 Å². The monoisotopic (exact) mass is 361 g/mol. The molecule has 1 fully saturated rings. The molecule has 1 aromatic carbocycles. The molecule has 0 unspecified atom stereocenters. The molecule has 2 rings (SSSR count). The summed E-state index contributed by atoms with van der Waals surface area (Å²) in [5.74, 6) is 1.71. The molecule has 0 saturated carbocycles. The first-order valence-electron chi connectivity index (χ1n) is 9.60. The van der Waals surface area contributed by atoms with Crippen LogP contribution in [0.4, 0.5) is 0 Å². The molecule has 1 saturated heterocycles. The minimum absolute atomic E-state index is 0.00718. The van der Waals surface area contributed by atoms with Crippen LogP contribution in [-0.2, 0) is 16.1 Å². The summed E-state index contributed by atoms with van der Waals surface area (Å²) in [4.78, 5) is 18.9. The lowest BCUT2D eigenvalue weighted by Crippen LogP contribution is -2.46. The number of aliphatic imine (C=N–C) groups is 1. The van der Waals surface area contributed by atoms with Crippen LogP contribution < -0.4 is 10.1 Å². The zero-order chi connectivity index (χ0) is 18.8. The van der Waals surface area contributed by atoms with Crippen molar-refractivity contribution < 1.29 is 14.3 Å². The Balaban J connectivity index is 2.00. The topological polar surface area (TPSA) is 63.2 Å². The van der Waals surface area contributed by atoms with E-state index in [4.69, 9.17) is 14.5 Å². The van der Waals surface area contributed by atoms with E-state index in [0.29, 0.717) is 19.8 Å². The molecule has 0 aliphatic carbocycles. The Labute approximate surface area is 156 Å². The molecule has 0 atom stereocenters. The van der Waals surface area contributed by atoms with Crippen LogP contribution in [0.15, 0.2) is 29.3 Å². The van der Waals surface area contributed by atoms with Crippen LogP contribution >= 0.6 is 0 Å². The SMILES string of the molecule is CCNC(=NCc1ccccc1OCC)N1CCC(C(=O)OCC)CC1. The summed E-state index contributed by atoms with van der Waals surface area (Å²) in [7, 11) is 0. The molecule has 26 heavy (non-hydrogen) atoms. The second-order valence-electron chi connectivity index (χ2n) is 6.22. The predicted molar refractivity (Wildman–Crippen MR) is 103 cm³/mol. The van der Waals surface area contributed by atoms with Gasteiger partial charge in [-0.1, -0.05) is 18.2 Å². The largest absolute Gasteiger partial charge is 0.494 e. The fourth-order valence-electron chi connectivity index (χ4n) is 3.10. The minimum atomic E-state index is -0.0697. The van der Waals surface area contributed by atoms with Gasteiger partial charge in [-0.2, -0.15) is 0 Å². The smallest absolute Gasteiger partial charge is 0.309 e. The van der Waals surface area contributed by atoms with Crippen LogP contribution in [0.1, 0.15) is 39.2 Å². The molecule has 1 aromatic rings. The first-order chi connectivity index (χ1) is 12.7. The van der Waals surface area contributed by atoms with Gasteiger partial charge in [0.25, 0.3) is 0 Å². The Hall–Kier alpha value is -2.24. The summed E-state index contributed by atoms with van der Waals surface area (Å²) in [5.41, 5.74) is 1.08. The van der Waals surface area contributed by atoms with Crippen molar-refractivity contribution in [1.29, 1.82) is 0 Å². The number of carbonyl (C=O) groups excluding carboxylic acids is 1. The van der Waals surface area contributed by atoms with Crippen LogP contribution in [0.5, 0.6) is 5.75 Å². The average molecular weight is 361 g/mol. The van der Waals surface area contributed by atoms with Gasteiger partial charge in [0.1, 0.15) is 5.75 Å². The van der Waals surface area contributed by atoms with Gasteiger partial charge in [-0.3, -0.25) is 4.79 Å². The molecule has 0 bridgehead atoms. The van der Waals surface area contributed by atoms with Crippen molar-refractivity contribution in [3.8, 4) is 5.75 Å². The number of rotatable bonds is 7. The van der Waals surface area contributed by atoms with Crippen molar-refractivity contribution in [2.75, 3.05) is 32.8 Å². The molecule has 0 amide bonds. The maximum Gasteiger partial charge on any atom is 0.309 e. The number of likely N-dealkylation sites (tertiary alicyclic amines) is 1. The summed E-state index contributed by atoms with van der Waals surface area (Å²) < 4.78 is 10.8. The standard InChI is InChI=1S/C20H31N3O3/c1-4-21-20(22-15-17-9-7-8-10-18(17)25-5-2)23-13-11-16(12-14-23)19(24)26-6-3/h7-10,16H,4-6,11-15H2,1-3H3,(H,21,22). The van der Waals surface area contributed by atoms with E-state index in [0.717, 1.165) is 49.7 Å². The molecule has 144 valence electrons. The Kier molecular flexibility index (Phi) is 8.25. The minimum Gasteiger partial charge on any atom is -0.494 e. The summed E-state index contributed by atoms with van der Waals surface area (Å²) in [6.45, 7) is 9.98. The molecule has 6 heteroatoms. The lowest BCUT2D eigenvalue weighted by Gasteiger charge is -2.33. The fourth-order valence-corrected chi connectivity index (χ4v) is 3.10. The van der Waals surface area contributed by atoms with Crippen LogP contribution in [0.25, 0.3) is 0 Å². The number of nitrogens with one attached hydrogen (secondary N) is 1. The summed E-state index contributed by atoms with van der Waals surface area (Å²) in [6, 6.07) is 8.01. The third kappa shape index (κ3) is 5.64. The number of carbonyl (C=O) groups is 1. The van der Waals surface area contributed by atoms with Gasteiger partial charge in [0.05, 0.1) is 25.7 Å². The Morgan fingerprint density at radius 3 is 2.58 bits per heavy atom. The zero-order valence-corrected chi connectivity index (χ0v) is 16.2. The van der Waals surface area contributed by atoms with Crippen molar-refractivity contribution in [2.45, 2.75) is 40.2 Å². The van der Waals surface area contributed by atoms with Crippen LogP contribution in [0, 0.1) is 5.92 Å². The van der Waals surface area contributed by atoms with Crippen molar-refractivity contribution in [2.24, 2.45) is 10.9 Å². The van der Waals surface area contributed by atoms with Crippen LogP contribution in [0.3, 0.4) is 0 Å². The van der Waals surface area contributed by atoms with Crippen molar-refractivity contribution in [3.05, 3.63) is 29.8 Å². The number of piperidine rings is 1. The number of ether oxygens (including phenoxy) is 2. The van der Waals surface area contributed by atoms with Gasteiger partial charge in [0, 0.05) is 25.2 Å². The third-order valence-electron chi connectivity index (χ3n) is 4.42. The highest BCUT2D eigenvalue weighted by molar-refractivity contribution is 5.80. The van der Waals surface area contributed by atoms with E-state index in [2.05, 4.69) is 17.1 Å². The van der Waals surface area contributed by atoms with E-state index < -0.39 is 0 Å². The summed E-state index contributed by atoms with van der Waals surface area (Å²) >= 11 is 0. The van der Waals surface area contributed by atoms with Crippen molar-refractivity contribution >= 4 is 11.9 Å². The van der Waals surface area contributed by atoms with E-state index in [1.807, 2.05) is 38.1 Å². The molecule has 0 aromatic heterocycles. The number of nitrogens with zero attached hydrogens (tertiary/aromatic N) is 2. The molecule has 1 N–H and O–H groups in total. The first-order valence-corrected chi connectivity index (χ1v) is 9.60. The number of esters is 1. The highest BCUT2D eigenvalue weighted by Crippen LogP contribution is 2.21. The average Bonchev–Trinajstić information content (AvgIpc) is 2.67.